The van der Waals surface area contributed by atoms with Gasteiger partial charge in [-0.3, -0.25) is 0 Å². The molecule has 0 N–H and O–H groups in total. The highest BCUT2D eigenvalue weighted by Gasteiger charge is 2.30. The molecule has 4 heteroatoms. The summed E-state index contributed by atoms with van der Waals surface area (Å²) in [5.74, 6) is 2.81. The summed E-state index contributed by atoms with van der Waals surface area (Å²) in [7, 11) is 2.08. The highest BCUT2D eigenvalue weighted by Crippen LogP contribution is 2.31. The van der Waals surface area contributed by atoms with Gasteiger partial charge in [-0.25, -0.2) is 9.97 Å². The van der Waals surface area contributed by atoms with E-state index in [4.69, 9.17) is 4.74 Å². The van der Waals surface area contributed by atoms with Crippen LogP contribution in [0, 0.1) is 6.92 Å². The number of ether oxygens (including phenoxy) is 1. The summed E-state index contributed by atoms with van der Waals surface area (Å²) in [6.45, 7) is 6.26. The third-order valence-electron chi connectivity index (χ3n) is 4.42. The molecule has 0 radical (unpaired) electrons. The van der Waals surface area contributed by atoms with E-state index in [1.54, 1.807) is 0 Å². The molecule has 1 aliphatic rings. The summed E-state index contributed by atoms with van der Waals surface area (Å²) in [5.41, 5.74) is 2.37. The van der Waals surface area contributed by atoms with Crippen molar-refractivity contribution in [2.24, 2.45) is 0 Å². The lowest BCUT2D eigenvalue weighted by atomic mass is 10.0. The molecule has 0 amide bonds. The van der Waals surface area contributed by atoms with Gasteiger partial charge in [0.25, 0.3) is 0 Å². The molecule has 2 atom stereocenters. The van der Waals surface area contributed by atoms with E-state index in [2.05, 4.69) is 54.0 Å². The number of anilines is 1. The zero-order valence-corrected chi connectivity index (χ0v) is 13.7. The number of rotatable bonds is 4. The van der Waals surface area contributed by atoms with Gasteiger partial charge in [0.1, 0.15) is 23.5 Å². The molecule has 0 spiro atoms. The van der Waals surface area contributed by atoms with Crippen molar-refractivity contribution in [3.8, 4) is 5.75 Å². The number of fused-ring (bicyclic) bond motifs is 1. The Balaban J connectivity index is 1.78. The first-order chi connectivity index (χ1) is 10.6. The van der Waals surface area contributed by atoms with Gasteiger partial charge in [-0.2, -0.15) is 0 Å². The molecule has 22 heavy (non-hydrogen) atoms. The molecule has 0 saturated carbocycles. The van der Waals surface area contributed by atoms with Crippen LogP contribution >= 0.6 is 0 Å². The van der Waals surface area contributed by atoms with E-state index in [1.165, 1.54) is 5.56 Å². The molecule has 3 rings (SSSR count). The zero-order valence-electron chi connectivity index (χ0n) is 13.7. The van der Waals surface area contributed by atoms with Crippen molar-refractivity contribution in [3.05, 3.63) is 47.4 Å². The molecule has 0 bridgehead atoms. The van der Waals surface area contributed by atoms with E-state index in [1.807, 2.05) is 19.1 Å². The monoisotopic (exact) mass is 297 g/mol. The van der Waals surface area contributed by atoms with Crippen molar-refractivity contribution in [3.63, 3.8) is 0 Å². The molecule has 1 aromatic heterocycles. The van der Waals surface area contributed by atoms with Gasteiger partial charge in [0.05, 0.1) is 6.04 Å². The zero-order chi connectivity index (χ0) is 15.7. The first-order valence-corrected chi connectivity index (χ1v) is 7.90. The molecule has 1 aliphatic heterocycles. The summed E-state index contributed by atoms with van der Waals surface area (Å²) in [6.07, 6.45) is 2.03. The van der Waals surface area contributed by atoms with Gasteiger partial charge in [-0.05, 0) is 31.9 Å². The fourth-order valence-corrected chi connectivity index (χ4v) is 2.91. The number of para-hydroxylation sites is 1. The number of benzene rings is 1. The molecular weight excluding hydrogens is 274 g/mol. The van der Waals surface area contributed by atoms with Crippen molar-refractivity contribution in [2.45, 2.75) is 45.8 Å². The molecule has 0 aliphatic carbocycles. The van der Waals surface area contributed by atoms with Crippen LogP contribution in [-0.2, 0) is 12.8 Å². The quantitative estimate of drug-likeness (QED) is 0.869. The highest BCUT2D eigenvalue weighted by atomic mass is 16.5. The Morgan fingerprint density at radius 1 is 1.32 bits per heavy atom. The maximum atomic E-state index is 6.11. The normalized spacial score (nSPS) is 17.7. The maximum absolute atomic E-state index is 6.11. The molecule has 2 heterocycles. The predicted octanol–water partition coefficient (Wildman–Crippen LogP) is 3.18. The van der Waals surface area contributed by atoms with Crippen molar-refractivity contribution in [2.75, 3.05) is 11.9 Å². The molecule has 2 aromatic rings. The Morgan fingerprint density at radius 3 is 2.82 bits per heavy atom. The van der Waals surface area contributed by atoms with Crippen LogP contribution in [0.25, 0.3) is 0 Å². The van der Waals surface area contributed by atoms with Crippen molar-refractivity contribution in [1.29, 1.82) is 0 Å². The Bertz CT molecular complexity index is 646. The molecule has 2 unspecified atom stereocenters. The number of likely N-dealkylation sites (N-methyl/N-ethyl adjacent to an activating group) is 1. The third kappa shape index (κ3) is 2.78. The van der Waals surface area contributed by atoms with Gasteiger partial charge >= 0.3 is 0 Å². The van der Waals surface area contributed by atoms with Gasteiger partial charge in [0, 0.05) is 25.2 Å². The lowest BCUT2D eigenvalue weighted by Gasteiger charge is -2.30. The minimum Gasteiger partial charge on any atom is -0.488 e. The summed E-state index contributed by atoms with van der Waals surface area (Å²) in [4.78, 5) is 11.2. The summed E-state index contributed by atoms with van der Waals surface area (Å²) in [5, 5.41) is 0. The van der Waals surface area contributed by atoms with Gasteiger partial charge in [-0.15, -0.1) is 0 Å². The molecule has 116 valence electrons. The van der Waals surface area contributed by atoms with Gasteiger partial charge in [0.15, 0.2) is 0 Å². The van der Waals surface area contributed by atoms with E-state index >= 15 is 0 Å². The van der Waals surface area contributed by atoms with Gasteiger partial charge in [0.2, 0.25) is 0 Å². The van der Waals surface area contributed by atoms with E-state index in [0.29, 0.717) is 0 Å². The smallest absolute Gasteiger partial charge is 0.132 e. The van der Waals surface area contributed by atoms with Crippen LogP contribution in [0.2, 0.25) is 0 Å². The minimum atomic E-state index is 0.155. The second-order valence-electron chi connectivity index (χ2n) is 5.94. The molecule has 4 nitrogen and oxygen atoms in total. The van der Waals surface area contributed by atoms with E-state index < -0.39 is 0 Å². The first-order valence-electron chi connectivity index (χ1n) is 7.90. The van der Waals surface area contributed by atoms with Crippen LogP contribution in [0.15, 0.2) is 30.3 Å². The van der Waals surface area contributed by atoms with Crippen LogP contribution < -0.4 is 9.64 Å². The topological polar surface area (TPSA) is 38.2 Å². The summed E-state index contributed by atoms with van der Waals surface area (Å²) in [6, 6.07) is 10.6. The fraction of sp³-hybridized carbons (Fsp3) is 0.444. The lowest BCUT2D eigenvalue weighted by Crippen LogP contribution is -2.42. The van der Waals surface area contributed by atoms with Crippen molar-refractivity contribution in [1.82, 2.24) is 9.97 Å². The number of aromatic nitrogens is 2. The average Bonchev–Trinajstić information content (AvgIpc) is 2.96. The second kappa shape index (κ2) is 5.95. The Hall–Kier alpha value is -2.10. The lowest BCUT2D eigenvalue weighted by molar-refractivity contribution is 0.203. The number of hydrogen-bond acceptors (Lipinski definition) is 4. The number of hydrogen-bond donors (Lipinski definition) is 0. The van der Waals surface area contributed by atoms with Crippen LogP contribution in [0.1, 0.15) is 30.9 Å². The standard InChI is InChI=1S/C18H23N3O/c1-5-15-11-18(20-13(3)19-15)21(4)12(2)17-10-14-8-6-7-9-16(14)22-17/h6-9,11-12,17H,5,10H2,1-4H3. The molecule has 0 fully saturated rings. The van der Waals surface area contributed by atoms with Crippen LogP contribution in [0.5, 0.6) is 5.75 Å². The molecular formula is C18H23N3O. The number of nitrogens with zero attached hydrogens (tertiary/aromatic N) is 3. The van der Waals surface area contributed by atoms with E-state index in [-0.39, 0.29) is 12.1 Å². The molecule has 1 aromatic carbocycles. The summed E-state index contributed by atoms with van der Waals surface area (Å²) < 4.78 is 6.11. The van der Waals surface area contributed by atoms with Crippen LogP contribution in [0.3, 0.4) is 0 Å². The fourth-order valence-electron chi connectivity index (χ4n) is 2.91. The minimum absolute atomic E-state index is 0.155. The Labute approximate surface area is 132 Å². The highest BCUT2D eigenvalue weighted by molar-refractivity contribution is 5.43. The summed E-state index contributed by atoms with van der Waals surface area (Å²) >= 11 is 0. The first kappa shape index (κ1) is 14.8. The van der Waals surface area contributed by atoms with Crippen molar-refractivity contribution < 1.29 is 4.74 Å². The van der Waals surface area contributed by atoms with Crippen LogP contribution in [-0.4, -0.2) is 29.2 Å². The van der Waals surface area contributed by atoms with Crippen molar-refractivity contribution >= 4 is 5.82 Å². The SMILES string of the molecule is CCc1cc(N(C)C(C)C2Cc3ccccc3O2)nc(C)n1. The van der Waals surface area contributed by atoms with Gasteiger partial charge < -0.3 is 9.64 Å². The Morgan fingerprint density at radius 2 is 2.09 bits per heavy atom. The second-order valence-corrected chi connectivity index (χ2v) is 5.94. The average molecular weight is 297 g/mol. The molecule has 0 saturated heterocycles. The largest absolute Gasteiger partial charge is 0.488 e. The number of aryl methyl sites for hydroxylation is 2. The van der Waals surface area contributed by atoms with Crippen LogP contribution in [0.4, 0.5) is 5.82 Å². The Kier molecular flexibility index (Phi) is 4.01. The van der Waals surface area contributed by atoms with E-state index in [0.717, 1.165) is 35.9 Å². The van der Waals surface area contributed by atoms with Gasteiger partial charge in [-0.1, -0.05) is 25.1 Å². The third-order valence-corrected chi connectivity index (χ3v) is 4.42. The predicted molar refractivity (Wildman–Crippen MR) is 88.6 cm³/mol. The van der Waals surface area contributed by atoms with E-state index in [9.17, 15) is 0 Å². The maximum Gasteiger partial charge on any atom is 0.132 e.